The number of amides is 1. The number of thiazole rings is 1. The number of nitrogens with zero attached hydrogens (tertiary/aromatic N) is 1. The summed E-state index contributed by atoms with van der Waals surface area (Å²) in [6.45, 7) is 1.92. The van der Waals surface area contributed by atoms with Crippen molar-refractivity contribution >= 4 is 45.7 Å². The van der Waals surface area contributed by atoms with E-state index in [0.717, 1.165) is 9.90 Å². The quantitative estimate of drug-likeness (QED) is 0.647. The van der Waals surface area contributed by atoms with Crippen LogP contribution in [0.5, 0.6) is 0 Å². The van der Waals surface area contributed by atoms with E-state index in [9.17, 15) is 4.79 Å². The smallest absolute Gasteiger partial charge is 0.241 e. The summed E-state index contributed by atoms with van der Waals surface area (Å²) in [6, 6.07) is 0. The second kappa shape index (κ2) is 4.83. The van der Waals surface area contributed by atoms with Crippen molar-refractivity contribution in [2.45, 2.75) is 11.1 Å². The van der Waals surface area contributed by atoms with Crippen molar-refractivity contribution in [2.75, 3.05) is 17.5 Å². The number of hydrogen-bond acceptors (Lipinski definition) is 4. The van der Waals surface area contributed by atoms with Crippen LogP contribution < -0.4 is 5.32 Å². The van der Waals surface area contributed by atoms with E-state index in [1.54, 1.807) is 11.8 Å². The number of aryl methyl sites for hydroxylation is 1. The van der Waals surface area contributed by atoms with E-state index in [1.807, 2.05) is 13.2 Å². The lowest BCUT2D eigenvalue weighted by Crippen LogP contribution is -2.12. The Morgan fingerprint density at radius 2 is 2.46 bits per heavy atom. The molecule has 0 atom stereocenters. The lowest BCUT2D eigenvalue weighted by Gasteiger charge is -1.94. The Labute approximate surface area is 89.9 Å². The summed E-state index contributed by atoms with van der Waals surface area (Å²) in [4.78, 5) is 15.1. The molecule has 0 aliphatic rings. The van der Waals surface area contributed by atoms with Crippen molar-refractivity contribution in [3.63, 3.8) is 0 Å². The van der Waals surface area contributed by atoms with Gasteiger partial charge in [-0.05, 0) is 13.2 Å². The highest BCUT2D eigenvalue weighted by atomic mass is 35.5. The first-order valence-corrected chi connectivity index (χ1v) is 6.12. The van der Waals surface area contributed by atoms with Gasteiger partial charge in [-0.15, -0.1) is 23.4 Å². The average Bonchev–Trinajstić information content (AvgIpc) is 2.46. The molecule has 0 unspecified atom stereocenters. The fourth-order valence-electron chi connectivity index (χ4n) is 0.778. The number of aromatic nitrogens is 1. The number of thioether (sulfide) groups is 1. The van der Waals surface area contributed by atoms with E-state index >= 15 is 0 Å². The largest absolute Gasteiger partial charge is 0.301 e. The van der Waals surface area contributed by atoms with Gasteiger partial charge in [0, 0.05) is 0 Å². The van der Waals surface area contributed by atoms with Gasteiger partial charge in [0.15, 0.2) is 5.13 Å². The van der Waals surface area contributed by atoms with Crippen molar-refractivity contribution < 1.29 is 4.79 Å². The Balaban J connectivity index is 2.73. The fourth-order valence-corrected chi connectivity index (χ4v) is 2.47. The van der Waals surface area contributed by atoms with Crippen LogP contribution in [-0.2, 0) is 4.79 Å². The van der Waals surface area contributed by atoms with Crippen LogP contribution in [0.2, 0.25) is 0 Å². The van der Waals surface area contributed by atoms with E-state index < -0.39 is 0 Å². The molecular weight excluding hydrogens is 228 g/mol. The predicted molar refractivity (Wildman–Crippen MR) is 58.0 cm³/mol. The number of rotatable bonds is 3. The zero-order valence-corrected chi connectivity index (χ0v) is 9.65. The Bertz CT molecular complexity index is 313. The van der Waals surface area contributed by atoms with Crippen molar-refractivity contribution in [3.05, 3.63) is 5.69 Å². The highest BCUT2D eigenvalue weighted by Crippen LogP contribution is 2.30. The maximum absolute atomic E-state index is 10.9. The standard InChI is InChI=1S/C7H9ClN2OS2/c1-4-6(12-2)13-7(9-4)10-5(11)3-8/h3H2,1-2H3,(H,9,10,11). The molecule has 0 fully saturated rings. The van der Waals surface area contributed by atoms with Gasteiger partial charge < -0.3 is 5.32 Å². The molecule has 0 aliphatic heterocycles. The summed E-state index contributed by atoms with van der Waals surface area (Å²) >= 11 is 8.43. The van der Waals surface area contributed by atoms with Gasteiger partial charge in [-0.3, -0.25) is 4.79 Å². The molecule has 3 nitrogen and oxygen atoms in total. The lowest BCUT2D eigenvalue weighted by atomic mass is 10.6. The first-order valence-electron chi connectivity index (χ1n) is 3.54. The van der Waals surface area contributed by atoms with Crippen molar-refractivity contribution in [3.8, 4) is 0 Å². The fraction of sp³-hybridized carbons (Fsp3) is 0.429. The maximum atomic E-state index is 10.9. The van der Waals surface area contributed by atoms with Crippen LogP contribution >= 0.6 is 34.7 Å². The van der Waals surface area contributed by atoms with E-state index in [4.69, 9.17) is 11.6 Å². The molecule has 1 heterocycles. The predicted octanol–water partition coefficient (Wildman–Crippen LogP) is 2.35. The van der Waals surface area contributed by atoms with Crippen molar-refractivity contribution in [1.82, 2.24) is 4.98 Å². The van der Waals surface area contributed by atoms with Gasteiger partial charge in [0.25, 0.3) is 0 Å². The van der Waals surface area contributed by atoms with Gasteiger partial charge >= 0.3 is 0 Å². The van der Waals surface area contributed by atoms with Crippen LogP contribution in [0.15, 0.2) is 4.21 Å². The number of carbonyl (C=O) groups excluding carboxylic acids is 1. The Hall–Kier alpha value is -0.260. The van der Waals surface area contributed by atoms with Gasteiger partial charge in [-0.2, -0.15) is 0 Å². The molecule has 1 aromatic heterocycles. The van der Waals surface area contributed by atoms with Crippen LogP contribution in [0.4, 0.5) is 5.13 Å². The molecule has 0 saturated carbocycles. The summed E-state index contributed by atoms with van der Waals surface area (Å²) < 4.78 is 1.12. The molecule has 0 aromatic carbocycles. The number of nitrogens with one attached hydrogen (secondary N) is 1. The van der Waals surface area contributed by atoms with E-state index in [2.05, 4.69) is 10.3 Å². The second-order valence-electron chi connectivity index (χ2n) is 2.28. The van der Waals surface area contributed by atoms with Gasteiger partial charge in [0.05, 0.1) is 9.90 Å². The molecule has 1 N–H and O–H groups in total. The minimum absolute atomic E-state index is 0.0345. The SMILES string of the molecule is CSc1sc(NC(=O)CCl)nc1C. The summed E-state index contributed by atoms with van der Waals surface area (Å²) in [6.07, 6.45) is 1.98. The molecule has 0 aliphatic carbocycles. The van der Waals surface area contributed by atoms with Gasteiger partial charge in [0.1, 0.15) is 5.88 Å². The zero-order valence-electron chi connectivity index (χ0n) is 7.26. The van der Waals surface area contributed by atoms with Crippen LogP contribution in [-0.4, -0.2) is 23.0 Å². The summed E-state index contributed by atoms with van der Waals surface area (Å²) in [5, 5.41) is 3.23. The van der Waals surface area contributed by atoms with Gasteiger partial charge in [-0.1, -0.05) is 11.3 Å². The second-order valence-corrected chi connectivity index (χ2v) is 4.62. The average molecular weight is 237 g/mol. The molecular formula is C7H9ClN2OS2. The first kappa shape index (κ1) is 10.8. The zero-order chi connectivity index (χ0) is 9.84. The molecule has 13 heavy (non-hydrogen) atoms. The maximum Gasteiger partial charge on any atom is 0.241 e. The topological polar surface area (TPSA) is 42.0 Å². The third kappa shape index (κ3) is 2.86. The molecule has 0 bridgehead atoms. The monoisotopic (exact) mass is 236 g/mol. The minimum Gasteiger partial charge on any atom is -0.301 e. The molecule has 6 heteroatoms. The number of halogens is 1. The molecule has 1 amide bonds. The van der Waals surface area contributed by atoms with Crippen molar-refractivity contribution in [1.29, 1.82) is 0 Å². The Morgan fingerprint density at radius 1 is 1.77 bits per heavy atom. The Kier molecular flexibility index (Phi) is 4.02. The molecule has 1 aromatic rings. The van der Waals surface area contributed by atoms with Gasteiger partial charge in [0.2, 0.25) is 5.91 Å². The van der Waals surface area contributed by atoms with Crippen LogP contribution in [0.3, 0.4) is 0 Å². The highest BCUT2D eigenvalue weighted by molar-refractivity contribution is 8.00. The first-order chi connectivity index (χ1) is 6.17. The Morgan fingerprint density at radius 3 is 2.92 bits per heavy atom. The van der Waals surface area contributed by atoms with Crippen LogP contribution in [0.25, 0.3) is 0 Å². The number of carbonyl (C=O) groups is 1. The number of anilines is 1. The summed E-state index contributed by atoms with van der Waals surface area (Å²) in [7, 11) is 0. The summed E-state index contributed by atoms with van der Waals surface area (Å²) in [5.74, 6) is -0.254. The molecule has 72 valence electrons. The summed E-state index contributed by atoms with van der Waals surface area (Å²) in [5.41, 5.74) is 0.947. The molecule has 0 saturated heterocycles. The third-order valence-electron chi connectivity index (χ3n) is 1.31. The van der Waals surface area contributed by atoms with Crippen molar-refractivity contribution in [2.24, 2.45) is 0 Å². The van der Waals surface area contributed by atoms with Crippen LogP contribution in [0.1, 0.15) is 5.69 Å². The molecule has 0 radical (unpaired) electrons. The third-order valence-corrected chi connectivity index (χ3v) is 3.83. The van der Waals surface area contributed by atoms with E-state index in [1.165, 1.54) is 11.3 Å². The van der Waals surface area contributed by atoms with E-state index in [-0.39, 0.29) is 11.8 Å². The minimum atomic E-state index is -0.219. The number of hydrogen-bond donors (Lipinski definition) is 1. The van der Waals surface area contributed by atoms with E-state index in [0.29, 0.717) is 5.13 Å². The molecule has 0 spiro atoms. The van der Waals surface area contributed by atoms with Crippen LogP contribution in [0, 0.1) is 6.92 Å². The highest BCUT2D eigenvalue weighted by Gasteiger charge is 2.08. The van der Waals surface area contributed by atoms with Gasteiger partial charge in [-0.25, -0.2) is 4.98 Å². The molecule has 1 rings (SSSR count). The lowest BCUT2D eigenvalue weighted by molar-refractivity contribution is -0.113. The number of alkyl halides is 1. The normalized spacial score (nSPS) is 10.1.